The Morgan fingerprint density at radius 3 is 2.53 bits per heavy atom. The van der Waals surface area contributed by atoms with E-state index >= 15 is 0 Å². The van der Waals surface area contributed by atoms with Crippen LogP contribution >= 0.6 is 0 Å². The van der Waals surface area contributed by atoms with Crippen molar-refractivity contribution in [3.8, 4) is 0 Å². The highest BCUT2D eigenvalue weighted by Crippen LogP contribution is 2.15. The van der Waals surface area contributed by atoms with E-state index in [4.69, 9.17) is 5.11 Å². The maximum Gasteiger partial charge on any atom is 0.306 e. The van der Waals surface area contributed by atoms with E-state index in [2.05, 4.69) is 11.8 Å². The molecule has 0 aromatic carbocycles. The van der Waals surface area contributed by atoms with Gasteiger partial charge in [0.1, 0.15) is 5.78 Å². The van der Waals surface area contributed by atoms with E-state index in [0.29, 0.717) is 25.0 Å². The van der Waals surface area contributed by atoms with Gasteiger partial charge in [0.05, 0.1) is 5.92 Å². The molecule has 1 fully saturated rings. The number of carboxylic acid groups (broad SMARTS) is 1. The summed E-state index contributed by atoms with van der Waals surface area (Å²) in [5, 5.41) is 9.10. The van der Waals surface area contributed by atoms with E-state index in [-0.39, 0.29) is 5.92 Å². The lowest BCUT2D eigenvalue weighted by atomic mass is 9.98. The molecule has 0 amide bonds. The van der Waals surface area contributed by atoms with Gasteiger partial charge >= 0.3 is 5.97 Å². The van der Waals surface area contributed by atoms with Crippen LogP contribution in [0.25, 0.3) is 0 Å². The molecule has 0 saturated carbocycles. The number of piperidine rings is 1. The number of carbonyl (C=O) groups is 2. The van der Waals surface area contributed by atoms with Crippen molar-refractivity contribution in [2.75, 3.05) is 19.6 Å². The van der Waals surface area contributed by atoms with E-state index in [1.54, 1.807) is 0 Å². The molecule has 1 heterocycles. The van der Waals surface area contributed by atoms with Crippen molar-refractivity contribution in [2.24, 2.45) is 5.92 Å². The van der Waals surface area contributed by atoms with Crippen LogP contribution in [-0.4, -0.2) is 41.4 Å². The molecule has 1 saturated heterocycles. The third-order valence-corrected chi connectivity index (χ3v) is 3.46. The number of carbonyl (C=O) groups excluding carboxylic acids is 1. The molecule has 0 spiro atoms. The molecule has 0 aromatic heterocycles. The highest BCUT2D eigenvalue weighted by molar-refractivity contribution is 5.79. The average molecular weight is 241 g/mol. The molecule has 1 rings (SSSR count). The first-order chi connectivity index (χ1) is 8.13. The molecule has 4 heteroatoms. The van der Waals surface area contributed by atoms with Crippen LogP contribution in [-0.2, 0) is 9.59 Å². The summed E-state index contributed by atoms with van der Waals surface area (Å²) in [4.78, 5) is 24.3. The predicted molar refractivity (Wildman–Crippen MR) is 65.9 cm³/mol. The van der Waals surface area contributed by atoms with Crippen molar-refractivity contribution >= 4 is 11.8 Å². The molecule has 1 N–H and O–H groups in total. The van der Waals surface area contributed by atoms with Gasteiger partial charge in [-0.15, -0.1) is 0 Å². The topological polar surface area (TPSA) is 57.6 Å². The monoisotopic (exact) mass is 241 g/mol. The Labute approximate surface area is 103 Å². The molecule has 1 unspecified atom stereocenters. The first kappa shape index (κ1) is 14.2. The van der Waals surface area contributed by atoms with Crippen LogP contribution < -0.4 is 0 Å². The number of rotatable bonds is 7. The van der Waals surface area contributed by atoms with Gasteiger partial charge < -0.3 is 10.0 Å². The van der Waals surface area contributed by atoms with Crippen LogP contribution in [0.2, 0.25) is 0 Å². The number of nitrogens with zero attached hydrogens (tertiary/aromatic N) is 1. The maximum absolute atomic E-state index is 11.1. The normalized spacial score (nSPS) is 19.2. The van der Waals surface area contributed by atoms with Gasteiger partial charge in [-0.2, -0.15) is 0 Å². The molecular formula is C13H23NO3. The van der Waals surface area contributed by atoms with E-state index in [0.717, 1.165) is 38.9 Å². The van der Waals surface area contributed by atoms with Gasteiger partial charge in [0.2, 0.25) is 0 Å². The first-order valence-electron chi connectivity index (χ1n) is 6.60. The molecule has 1 atom stereocenters. The highest BCUT2D eigenvalue weighted by atomic mass is 16.4. The average Bonchev–Trinajstić information content (AvgIpc) is 2.31. The molecule has 0 aliphatic carbocycles. The number of Topliss-reactive ketones (excluding diaryl/α,β-unsaturated/α-hetero) is 1. The zero-order valence-electron chi connectivity index (χ0n) is 10.7. The lowest BCUT2D eigenvalue weighted by Crippen LogP contribution is -2.35. The molecule has 1 aliphatic rings. The van der Waals surface area contributed by atoms with Crippen LogP contribution in [0.3, 0.4) is 0 Å². The summed E-state index contributed by atoms with van der Waals surface area (Å²) < 4.78 is 0. The Balaban J connectivity index is 2.26. The molecule has 0 radical (unpaired) electrons. The summed E-state index contributed by atoms with van der Waals surface area (Å²) in [6, 6.07) is 0. The summed E-state index contributed by atoms with van der Waals surface area (Å²) in [6.07, 6.45) is 4.78. The number of aliphatic carboxylic acids is 1. The number of likely N-dealkylation sites (tertiary alicyclic amines) is 1. The molecule has 0 bridgehead atoms. The lowest BCUT2D eigenvalue weighted by Gasteiger charge is -2.26. The molecule has 1 aliphatic heterocycles. The van der Waals surface area contributed by atoms with E-state index < -0.39 is 5.97 Å². The quantitative estimate of drug-likeness (QED) is 0.740. The zero-order chi connectivity index (χ0) is 12.7. The van der Waals surface area contributed by atoms with Crippen molar-refractivity contribution in [3.05, 3.63) is 0 Å². The van der Waals surface area contributed by atoms with Crippen molar-refractivity contribution in [3.63, 3.8) is 0 Å². The Morgan fingerprint density at radius 2 is 2.00 bits per heavy atom. The summed E-state index contributed by atoms with van der Waals surface area (Å²) in [5.74, 6) is -0.555. The second kappa shape index (κ2) is 7.43. The van der Waals surface area contributed by atoms with Crippen molar-refractivity contribution in [1.29, 1.82) is 0 Å². The van der Waals surface area contributed by atoms with Crippen molar-refractivity contribution in [2.45, 2.75) is 45.4 Å². The standard InChI is InChI=1S/C13H23NO3/c1-2-3-4-11(13(16)17)5-8-14-9-6-12(15)7-10-14/h11H,2-10H2,1H3,(H,16,17). The number of hydrogen-bond donors (Lipinski definition) is 1. The SMILES string of the molecule is CCCCC(CCN1CCC(=O)CC1)C(=O)O. The number of carboxylic acids is 1. The van der Waals surface area contributed by atoms with Gasteiger partial charge in [-0.3, -0.25) is 9.59 Å². The third-order valence-electron chi connectivity index (χ3n) is 3.46. The number of hydrogen-bond acceptors (Lipinski definition) is 3. The highest BCUT2D eigenvalue weighted by Gasteiger charge is 2.20. The predicted octanol–water partition coefficient (Wildman–Crippen LogP) is 1.93. The number of unbranched alkanes of at least 4 members (excludes halogenated alkanes) is 1. The minimum atomic E-state index is -0.675. The lowest BCUT2D eigenvalue weighted by molar-refractivity contribution is -0.142. The van der Waals surface area contributed by atoms with Crippen LogP contribution in [0.4, 0.5) is 0 Å². The Bertz CT molecular complexity index is 255. The van der Waals surface area contributed by atoms with Gasteiger partial charge in [-0.1, -0.05) is 19.8 Å². The van der Waals surface area contributed by atoms with Crippen LogP contribution in [0.1, 0.15) is 45.4 Å². The molecular weight excluding hydrogens is 218 g/mol. The second-order valence-electron chi connectivity index (χ2n) is 4.85. The van der Waals surface area contributed by atoms with Gasteiger partial charge in [0.25, 0.3) is 0 Å². The number of ketones is 1. The zero-order valence-corrected chi connectivity index (χ0v) is 10.7. The molecule has 17 heavy (non-hydrogen) atoms. The van der Waals surface area contributed by atoms with Gasteiger partial charge in [-0.05, 0) is 19.4 Å². The fraction of sp³-hybridized carbons (Fsp3) is 0.846. The largest absolute Gasteiger partial charge is 0.481 e. The van der Waals surface area contributed by atoms with E-state index in [9.17, 15) is 9.59 Å². The Morgan fingerprint density at radius 1 is 1.35 bits per heavy atom. The first-order valence-corrected chi connectivity index (χ1v) is 6.60. The summed E-state index contributed by atoms with van der Waals surface area (Å²) >= 11 is 0. The van der Waals surface area contributed by atoms with Gasteiger partial charge in [0.15, 0.2) is 0 Å². The fourth-order valence-corrected chi connectivity index (χ4v) is 2.21. The summed E-state index contributed by atoms with van der Waals surface area (Å²) in [5.41, 5.74) is 0. The Hall–Kier alpha value is -0.900. The minimum absolute atomic E-state index is 0.215. The van der Waals surface area contributed by atoms with E-state index in [1.807, 2.05) is 0 Å². The van der Waals surface area contributed by atoms with Crippen molar-refractivity contribution < 1.29 is 14.7 Å². The Kier molecular flexibility index (Phi) is 6.19. The smallest absolute Gasteiger partial charge is 0.306 e. The third kappa shape index (κ3) is 5.31. The van der Waals surface area contributed by atoms with Crippen LogP contribution in [0.5, 0.6) is 0 Å². The summed E-state index contributed by atoms with van der Waals surface area (Å²) in [6.45, 7) is 4.50. The van der Waals surface area contributed by atoms with Crippen LogP contribution in [0.15, 0.2) is 0 Å². The van der Waals surface area contributed by atoms with E-state index in [1.165, 1.54) is 0 Å². The minimum Gasteiger partial charge on any atom is -0.481 e. The molecule has 98 valence electrons. The molecule has 0 aromatic rings. The van der Waals surface area contributed by atoms with Gasteiger partial charge in [-0.25, -0.2) is 0 Å². The fourth-order valence-electron chi connectivity index (χ4n) is 2.21. The van der Waals surface area contributed by atoms with Gasteiger partial charge in [0, 0.05) is 25.9 Å². The van der Waals surface area contributed by atoms with Crippen molar-refractivity contribution in [1.82, 2.24) is 4.90 Å². The second-order valence-corrected chi connectivity index (χ2v) is 4.85. The summed E-state index contributed by atoms with van der Waals surface area (Å²) in [7, 11) is 0. The van der Waals surface area contributed by atoms with Crippen LogP contribution in [0, 0.1) is 5.92 Å². The maximum atomic E-state index is 11.1. The molecule has 4 nitrogen and oxygen atoms in total.